The smallest absolute Gasteiger partial charge is 0.0890 e. The van der Waals surface area contributed by atoms with Gasteiger partial charge in [-0.2, -0.15) is 0 Å². The number of pyridine rings is 1. The standard InChI is InChI=1S/C26H43NO/c1-5-20(3)24-17-21-18-25(23(21)19-27-24)28-26(4,6-2)22-15-13-11-9-7-8-10-12-14-16-22/h17,19-20,22,25H,5-16,18H2,1-4H3. The minimum absolute atomic E-state index is 0.00575. The van der Waals surface area contributed by atoms with Crippen LogP contribution in [0.2, 0.25) is 0 Å². The number of rotatable bonds is 6. The van der Waals surface area contributed by atoms with Gasteiger partial charge in [-0.1, -0.05) is 72.1 Å². The molecule has 2 heteroatoms. The van der Waals surface area contributed by atoms with Crippen molar-refractivity contribution in [2.75, 3.05) is 0 Å². The zero-order chi connectivity index (χ0) is 20.0. The zero-order valence-electron chi connectivity index (χ0n) is 18.9. The lowest BCUT2D eigenvalue weighted by atomic mass is 9.78. The van der Waals surface area contributed by atoms with Crippen LogP contribution in [0.5, 0.6) is 0 Å². The minimum Gasteiger partial charge on any atom is -0.367 e. The van der Waals surface area contributed by atoms with Crippen LogP contribution in [0.25, 0.3) is 0 Å². The normalized spacial score (nSPS) is 25.1. The first kappa shape index (κ1) is 21.8. The lowest BCUT2D eigenvalue weighted by Crippen LogP contribution is -2.41. The number of nitrogens with zero attached hydrogens (tertiary/aromatic N) is 1. The molecule has 0 bridgehead atoms. The van der Waals surface area contributed by atoms with Gasteiger partial charge in [0.2, 0.25) is 0 Å². The third kappa shape index (κ3) is 5.17. The fourth-order valence-electron chi connectivity index (χ4n) is 5.15. The van der Waals surface area contributed by atoms with Gasteiger partial charge >= 0.3 is 0 Å². The summed E-state index contributed by atoms with van der Waals surface area (Å²) in [4.78, 5) is 4.76. The van der Waals surface area contributed by atoms with Crippen molar-refractivity contribution < 1.29 is 4.74 Å². The predicted octanol–water partition coefficient (Wildman–Crippen LogP) is 7.91. The maximum Gasteiger partial charge on any atom is 0.0890 e. The summed E-state index contributed by atoms with van der Waals surface area (Å²) < 4.78 is 6.88. The van der Waals surface area contributed by atoms with Gasteiger partial charge < -0.3 is 4.74 Å². The molecule has 28 heavy (non-hydrogen) atoms. The van der Waals surface area contributed by atoms with Crippen molar-refractivity contribution in [3.05, 3.63) is 29.1 Å². The molecule has 3 atom stereocenters. The second-order valence-corrected chi connectivity index (χ2v) is 9.70. The van der Waals surface area contributed by atoms with Gasteiger partial charge in [-0.05, 0) is 56.1 Å². The highest BCUT2D eigenvalue weighted by atomic mass is 16.5. The first-order valence-electron chi connectivity index (χ1n) is 12.2. The first-order valence-corrected chi connectivity index (χ1v) is 12.2. The summed E-state index contributed by atoms with van der Waals surface area (Å²) in [5, 5.41) is 0. The van der Waals surface area contributed by atoms with E-state index in [2.05, 4.69) is 40.0 Å². The summed E-state index contributed by atoms with van der Waals surface area (Å²) in [5.74, 6) is 1.25. The molecule has 1 fully saturated rings. The molecule has 0 amide bonds. The van der Waals surface area contributed by atoms with Crippen molar-refractivity contribution in [3.63, 3.8) is 0 Å². The van der Waals surface area contributed by atoms with E-state index in [0.29, 0.717) is 11.8 Å². The molecule has 2 nitrogen and oxygen atoms in total. The molecule has 0 radical (unpaired) electrons. The van der Waals surface area contributed by atoms with Crippen LogP contribution in [0.3, 0.4) is 0 Å². The monoisotopic (exact) mass is 385 g/mol. The number of hydrogen-bond acceptors (Lipinski definition) is 2. The van der Waals surface area contributed by atoms with Crippen LogP contribution in [0, 0.1) is 5.92 Å². The molecular weight excluding hydrogens is 342 g/mol. The number of ether oxygens (including phenoxy) is 1. The topological polar surface area (TPSA) is 22.1 Å². The molecular formula is C26H43NO. The average molecular weight is 386 g/mol. The third-order valence-electron chi connectivity index (χ3n) is 7.75. The molecule has 2 aliphatic rings. The molecule has 0 saturated heterocycles. The Bertz CT molecular complexity index is 600. The zero-order valence-corrected chi connectivity index (χ0v) is 18.9. The molecule has 3 unspecified atom stereocenters. The molecule has 0 aromatic carbocycles. The van der Waals surface area contributed by atoms with Gasteiger partial charge in [-0.25, -0.2) is 0 Å². The molecule has 0 spiro atoms. The Kier molecular flexibility index (Phi) is 7.97. The molecule has 1 aromatic heterocycles. The van der Waals surface area contributed by atoms with Crippen molar-refractivity contribution in [3.8, 4) is 0 Å². The van der Waals surface area contributed by atoms with Gasteiger partial charge in [0.05, 0.1) is 11.7 Å². The van der Waals surface area contributed by atoms with Crippen LogP contribution >= 0.6 is 0 Å². The highest BCUT2D eigenvalue weighted by molar-refractivity contribution is 5.38. The predicted molar refractivity (Wildman–Crippen MR) is 119 cm³/mol. The molecule has 1 aromatic rings. The van der Waals surface area contributed by atoms with E-state index in [4.69, 9.17) is 9.72 Å². The summed E-state index contributed by atoms with van der Waals surface area (Å²) in [5.41, 5.74) is 4.08. The molecule has 2 aliphatic carbocycles. The molecule has 1 saturated carbocycles. The Labute approximate surface area is 173 Å². The second-order valence-electron chi connectivity index (χ2n) is 9.70. The van der Waals surface area contributed by atoms with Crippen LogP contribution in [0.1, 0.15) is 134 Å². The summed E-state index contributed by atoms with van der Waals surface area (Å²) in [7, 11) is 0. The lowest BCUT2D eigenvalue weighted by molar-refractivity contribution is -0.133. The Morgan fingerprint density at radius 3 is 2.18 bits per heavy atom. The summed E-state index contributed by atoms with van der Waals surface area (Å²) in [6.45, 7) is 9.24. The quantitative estimate of drug-likeness (QED) is 0.496. The molecule has 158 valence electrons. The number of hydrogen-bond donors (Lipinski definition) is 0. The molecule has 1 heterocycles. The Hall–Kier alpha value is -0.890. The maximum atomic E-state index is 6.88. The van der Waals surface area contributed by atoms with E-state index < -0.39 is 0 Å². The highest BCUT2D eigenvalue weighted by Gasteiger charge is 2.39. The summed E-state index contributed by atoms with van der Waals surface area (Å²) >= 11 is 0. The van der Waals surface area contributed by atoms with Crippen LogP contribution in [0.15, 0.2) is 12.3 Å². The second kappa shape index (κ2) is 10.2. The lowest BCUT2D eigenvalue weighted by Gasteiger charge is -2.43. The number of aromatic nitrogens is 1. The van der Waals surface area contributed by atoms with E-state index in [1.165, 1.54) is 81.0 Å². The van der Waals surface area contributed by atoms with Crippen LogP contribution in [-0.4, -0.2) is 10.6 Å². The largest absolute Gasteiger partial charge is 0.367 e. The van der Waals surface area contributed by atoms with Gasteiger partial charge in [-0.15, -0.1) is 0 Å². The van der Waals surface area contributed by atoms with E-state index in [0.717, 1.165) is 19.3 Å². The average Bonchev–Trinajstić information content (AvgIpc) is 2.76. The number of fused-ring (bicyclic) bond motifs is 1. The Morgan fingerprint density at radius 2 is 1.64 bits per heavy atom. The van der Waals surface area contributed by atoms with Gasteiger partial charge in [-0.3, -0.25) is 4.98 Å². The maximum absolute atomic E-state index is 6.88. The van der Waals surface area contributed by atoms with Crippen molar-refractivity contribution in [2.45, 2.75) is 129 Å². The summed E-state index contributed by atoms with van der Waals surface area (Å²) in [6.07, 6.45) is 19.7. The van der Waals surface area contributed by atoms with Crippen molar-refractivity contribution in [1.29, 1.82) is 0 Å². The van der Waals surface area contributed by atoms with E-state index >= 15 is 0 Å². The fourth-order valence-corrected chi connectivity index (χ4v) is 5.15. The van der Waals surface area contributed by atoms with Crippen LogP contribution in [0.4, 0.5) is 0 Å². The SMILES string of the molecule is CCC(C)c1cc2c(cn1)C(OC(C)(CC)C1CCCCCCCCCC1)C2. The Morgan fingerprint density at radius 1 is 1.04 bits per heavy atom. The van der Waals surface area contributed by atoms with Crippen molar-refractivity contribution in [2.24, 2.45) is 5.92 Å². The first-order chi connectivity index (χ1) is 13.6. The van der Waals surface area contributed by atoms with E-state index in [9.17, 15) is 0 Å². The van der Waals surface area contributed by atoms with E-state index in [-0.39, 0.29) is 11.7 Å². The van der Waals surface area contributed by atoms with Gasteiger partial charge in [0.25, 0.3) is 0 Å². The summed E-state index contributed by atoms with van der Waals surface area (Å²) in [6, 6.07) is 2.33. The highest BCUT2D eigenvalue weighted by Crippen LogP contribution is 2.44. The van der Waals surface area contributed by atoms with Crippen LogP contribution in [-0.2, 0) is 11.2 Å². The molecule has 0 aliphatic heterocycles. The van der Waals surface area contributed by atoms with Gasteiger partial charge in [0.15, 0.2) is 0 Å². The van der Waals surface area contributed by atoms with E-state index in [1.807, 2.05) is 0 Å². The Balaban J connectivity index is 1.66. The molecule has 3 rings (SSSR count). The minimum atomic E-state index is 0.00575. The van der Waals surface area contributed by atoms with Crippen molar-refractivity contribution >= 4 is 0 Å². The fraction of sp³-hybridized carbons (Fsp3) is 0.808. The van der Waals surface area contributed by atoms with Crippen LogP contribution < -0.4 is 0 Å². The third-order valence-corrected chi connectivity index (χ3v) is 7.75. The molecule has 0 N–H and O–H groups in total. The van der Waals surface area contributed by atoms with Gasteiger partial charge in [0.1, 0.15) is 0 Å². The van der Waals surface area contributed by atoms with Crippen molar-refractivity contribution in [1.82, 2.24) is 4.98 Å². The van der Waals surface area contributed by atoms with E-state index in [1.54, 1.807) is 0 Å². The van der Waals surface area contributed by atoms with Gasteiger partial charge in [0, 0.05) is 23.9 Å².